The van der Waals surface area contributed by atoms with E-state index in [2.05, 4.69) is 5.10 Å². The van der Waals surface area contributed by atoms with Crippen LogP contribution < -0.4 is 10.5 Å². The minimum atomic E-state index is -0.924. The molecule has 114 valence electrons. The van der Waals surface area contributed by atoms with Crippen molar-refractivity contribution < 1.29 is 18.7 Å². The van der Waals surface area contributed by atoms with Crippen molar-refractivity contribution in [3.63, 3.8) is 0 Å². The molecule has 1 N–H and O–H groups in total. The number of hydrogen-bond donors (Lipinski definition) is 1. The van der Waals surface area contributed by atoms with E-state index in [9.17, 15) is 14.3 Å². The van der Waals surface area contributed by atoms with Crippen LogP contribution in [0.25, 0.3) is 0 Å². The molecule has 1 unspecified atom stereocenters. The summed E-state index contributed by atoms with van der Waals surface area (Å²) in [5, 5.41) is 13.8. The number of aromatic nitrogens is 2. The van der Waals surface area contributed by atoms with Crippen LogP contribution in [-0.2, 0) is 13.0 Å². The minimum absolute atomic E-state index is 0.0206. The van der Waals surface area contributed by atoms with E-state index in [0.29, 0.717) is 18.1 Å². The Bertz CT molecular complexity index is 621. The predicted molar refractivity (Wildman–Crippen MR) is 72.7 cm³/mol. The molecule has 0 radical (unpaired) electrons. The monoisotopic (exact) mass is 296 g/mol. The minimum Gasteiger partial charge on any atom is -0.491 e. The first-order valence-electron chi connectivity index (χ1n) is 6.71. The van der Waals surface area contributed by atoms with Gasteiger partial charge in [0.15, 0.2) is 0 Å². The van der Waals surface area contributed by atoms with Crippen molar-refractivity contribution in [3.05, 3.63) is 46.5 Å². The van der Waals surface area contributed by atoms with E-state index in [0.717, 1.165) is 11.1 Å². The van der Waals surface area contributed by atoms with Gasteiger partial charge in [0, 0.05) is 6.42 Å². The van der Waals surface area contributed by atoms with Crippen molar-refractivity contribution in [1.82, 2.24) is 9.78 Å². The van der Waals surface area contributed by atoms with Crippen molar-refractivity contribution in [2.75, 3.05) is 6.61 Å². The number of hydrogen-bond acceptors (Lipinski definition) is 5. The Kier molecular flexibility index (Phi) is 5.10. The van der Waals surface area contributed by atoms with Gasteiger partial charge in [-0.3, -0.25) is 0 Å². The fourth-order valence-electron chi connectivity index (χ4n) is 1.76. The quantitative estimate of drug-likeness (QED) is 0.835. The van der Waals surface area contributed by atoms with Crippen LogP contribution in [0.5, 0.6) is 5.75 Å². The maximum Gasteiger partial charge on any atom is 0.437 e. The summed E-state index contributed by atoms with van der Waals surface area (Å²) in [7, 11) is 0. The number of halogens is 1. The predicted octanol–water partition coefficient (Wildman–Crippen LogP) is 1.37. The molecule has 0 aliphatic rings. The van der Waals surface area contributed by atoms with Gasteiger partial charge in [-0.1, -0.05) is 6.92 Å². The van der Waals surface area contributed by atoms with E-state index in [1.54, 1.807) is 0 Å². The molecule has 0 fully saturated rings. The molecule has 1 aromatic heterocycles. The Labute approximate surface area is 120 Å². The van der Waals surface area contributed by atoms with E-state index in [1.165, 1.54) is 24.3 Å². The third-order valence-electron chi connectivity index (χ3n) is 2.75. The summed E-state index contributed by atoms with van der Waals surface area (Å²) in [4.78, 5) is 11.5. The Balaban J connectivity index is 1.88. The van der Waals surface area contributed by atoms with Gasteiger partial charge in [-0.05, 0) is 30.7 Å². The summed E-state index contributed by atoms with van der Waals surface area (Å²) >= 11 is 0. The second-order valence-corrected chi connectivity index (χ2v) is 4.61. The lowest BCUT2D eigenvalue weighted by Crippen LogP contribution is -2.29. The van der Waals surface area contributed by atoms with E-state index in [-0.39, 0.29) is 19.0 Å². The highest BCUT2D eigenvalue weighted by atomic mass is 19.1. The Morgan fingerprint density at radius 3 is 2.81 bits per heavy atom. The number of benzene rings is 1. The van der Waals surface area contributed by atoms with Crippen LogP contribution >= 0.6 is 0 Å². The van der Waals surface area contributed by atoms with Gasteiger partial charge in [0.25, 0.3) is 0 Å². The zero-order valence-electron chi connectivity index (χ0n) is 11.7. The first-order valence-corrected chi connectivity index (χ1v) is 6.71. The average Bonchev–Trinajstić information content (AvgIpc) is 2.79. The SMILES string of the molecule is CCCc1nn(CC(O)COc2ccc(F)cc2)c(=O)o1. The van der Waals surface area contributed by atoms with Crippen molar-refractivity contribution in [3.8, 4) is 5.75 Å². The van der Waals surface area contributed by atoms with Gasteiger partial charge in [0.1, 0.15) is 24.3 Å². The molecule has 0 saturated carbocycles. The fourth-order valence-corrected chi connectivity index (χ4v) is 1.76. The summed E-state index contributed by atoms with van der Waals surface area (Å²) in [5.41, 5.74) is 0. The van der Waals surface area contributed by atoms with Gasteiger partial charge >= 0.3 is 5.76 Å². The van der Waals surface area contributed by atoms with Crippen molar-refractivity contribution in [1.29, 1.82) is 0 Å². The molecule has 2 rings (SSSR count). The summed E-state index contributed by atoms with van der Waals surface area (Å²) < 4.78 is 24.0. The normalized spacial score (nSPS) is 12.3. The lowest BCUT2D eigenvalue weighted by atomic mass is 10.3. The van der Waals surface area contributed by atoms with Crippen LogP contribution in [0.4, 0.5) is 4.39 Å². The summed E-state index contributed by atoms with van der Waals surface area (Å²) in [6, 6.07) is 5.45. The van der Waals surface area contributed by atoms with Crippen LogP contribution in [0.1, 0.15) is 19.2 Å². The second kappa shape index (κ2) is 7.03. The first-order chi connectivity index (χ1) is 10.1. The van der Waals surface area contributed by atoms with Crippen molar-refractivity contribution in [2.24, 2.45) is 0 Å². The summed E-state index contributed by atoms with van der Waals surface area (Å²) in [6.45, 7) is 1.89. The molecule has 2 aromatic rings. The highest BCUT2D eigenvalue weighted by Crippen LogP contribution is 2.11. The number of aryl methyl sites for hydroxylation is 1. The summed E-state index contributed by atoms with van der Waals surface area (Å²) in [5.74, 6) is -0.163. The average molecular weight is 296 g/mol. The largest absolute Gasteiger partial charge is 0.491 e. The number of aliphatic hydroxyl groups is 1. The number of rotatable bonds is 7. The van der Waals surface area contributed by atoms with E-state index < -0.39 is 11.9 Å². The maximum atomic E-state index is 12.7. The van der Waals surface area contributed by atoms with Crippen molar-refractivity contribution in [2.45, 2.75) is 32.4 Å². The topological polar surface area (TPSA) is 77.5 Å². The molecular formula is C14H17FN2O4. The Hall–Kier alpha value is -2.15. The van der Waals surface area contributed by atoms with Crippen LogP contribution in [0.2, 0.25) is 0 Å². The molecule has 0 aliphatic carbocycles. The zero-order chi connectivity index (χ0) is 15.2. The highest BCUT2D eigenvalue weighted by molar-refractivity contribution is 5.22. The van der Waals surface area contributed by atoms with Gasteiger partial charge in [0.2, 0.25) is 5.89 Å². The smallest absolute Gasteiger partial charge is 0.437 e. The molecule has 1 atom stereocenters. The van der Waals surface area contributed by atoms with E-state index in [4.69, 9.17) is 9.15 Å². The standard InChI is InChI=1S/C14H17FN2O4/c1-2-3-13-16-17(14(19)21-13)8-11(18)9-20-12-6-4-10(15)5-7-12/h4-7,11,18H,2-3,8-9H2,1H3. The number of aliphatic hydroxyl groups excluding tert-OH is 1. The molecule has 0 spiro atoms. The van der Waals surface area contributed by atoms with Gasteiger partial charge in [-0.15, -0.1) is 5.10 Å². The molecule has 6 nitrogen and oxygen atoms in total. The summed E-state index contributed by atoms with van der Waals surface area (Å²) in [6.07, 6.45) is 0.466. The Morgan fingerprint density at radius 1 is 1.43 bits per heavy atom. The lowest BCUT2D eigenvalue weighted by Gasteiger charge is -2.11. The molecule has 0 bridgehead atoms. The van der Waals surface area contributed by atoms with Gasteiger partial charge < -0.3 is 14.3 Å². The van der Waals surface area contributed by atoms with E-state index >= 15 is 0 Å². The number of ether oxygens (including phenoxy) is 1. The zero-order valence-corrected chi connectivity index (χ0v) is 11.7. The molecule has 7 heteroatoms. The molecular weight excluding hydrogens is 279 g/mol. The third kappa shape index (κ3) is 4.42. The molecule has 0 amide bonds. The molecule has 0 saturated heterocycles. The molecule has 1 aromatic carbocycles. The van der Waals surface area contributed by atoms with Crippen LogP contribution in [0.15, 0.2) is 33.5 Å². The Morgan fingerprint density at radius 2 is 2.14 bits per heavy atom. The third-order valence-corrected chi connectivity index (χ3v) is 2.75. The first kappa shape index (κ1) is 15.2. The van der Waals surface area contributed by atoms with Crippen molar-refractivity contribution >= 4 is 0 Å². The second-order valence-electron chi connectivity index (χ2n) is 4.61. The van der Waals surface area contributed by atoms with Gasteiger partial charge in [0.05, 0.1) is 6.54 Å². The van der Waals surface area contributed by atoms with Gasteiger partial charge in [-0.25, -0.2) is 9.18 Å². The highest BCUT2D eigenvalue weighted by Gasteiger charge is 2.12. The number of nitrogens with zero attached hydrogens (tertiary/aromatic N) is 2. The van der Waals surface area contributed by atoms with Crippen LogP contribution in [0.3, 0.4) is 0 Å². The maximum absolute atomic E-state index is 12.7. The van der Waals surface area contributed by atoms with Crippen LogP contribution in [0, 0.1) is 5.82 Å². The fraction of sp³-hybridized carbons (Fsp3) is 0.429. The molecule has 21 heavy (non-hydrogen) atoms. The molecule has 1 heterocycles. The molecule has 0 aliphatic heterocycles. The van der Waals surface area contributed by atoms with Crippen LogP contribution in [-0.4, -0.2) is 27.6 Å². The van der Waals surface area contributed by atoms with Gasteiger partial charge in [-0.2, -0.15) is 4.68 Å². The van der Waals surface area contributed by atoms with E-state index in [1.807, 2.05) is 6.92 Å². The lowest BCUT2D eigenvalue weighted by molar-refractivity contribution is 0.0875.